The lowest BCUT2D eigenvalue weighted by Crippen LogP contribution is -1.98. The molecular weight excluding hydrogens is 272 g/mol. The first-order valence-electron chi connectivity index (χ1n) is 6.17. The molecule has 96 valence electrons. The molecule has 0 unspecified atom stereocenters. The van der Waals surface area contributed by atoms with E-state index in [0.29, 0.717) is 5.65 Å². The third-order valence-corrected chi connectivity index (χ3v) is 3.44. The third kappa shape index (κ3) is 1.73. The molecule has 4 rings (SSSR count). The van der Waals surface area contributed by atoms with Crippen molar-refractivity contribution in [3.63, 3.8) is 0 Å². The van der Waals surface area contributed by atoms with Crippen LogP contribution < -0.4 is 0 Å². The maximum absolute atomic E-state index is 5.87. The summed E-state index contributed by atoms with van der Waals surface area (Å²) in [7, 11) is 0. The normalized spacial score (nSPS) is 11.2. The molecule has 2 heterocycles. The van der Waals surface area contributed by atoms with E-state index in [2.05, 4.69) is 39.3 Å². The molecular formula is C15H9ClN4. The average molecular weight is 281 g/mol. The van der Waals surface area contributed by atoms with Crippen LogP contribution in [0.25, 0.3) is 27.5 Å². The second kappa shape index (κ2) is 4.28. The third-order valence-electron chi connectivity index (χ3n) is 3.26. The van der Waals surface area contributed by atoms with Gasteiger partial charge in [0, 0.05) is 6.20 Å². The van der Waals surface area contributed by atoms with Crippen LogP contribution in [-0.2, 0) is 0 Å². The molecule has 5 heteroatoms. The van der Waals surface area contributed by atoms with Crippen molar-refractivity contribution in [3.05, 3.63) is 60.1 Å². The molecule has 0 bridgehead atoms. The summed E-state index contributed by atoms with van der Waals surface area (Å²) >= 11 is 5.87. The Morgan fingerprint density at radius 1 is 0.900 bits per heavy atom. The van der Waals surface area contributed by atoms with Gasteiger partial charge in [0.2, 0.25) is 5.28 Å². The topological polar surface area (TPSA) is 43.6 Å². The van der Waals surface area contributed by atoms with Gasteiger partial charge in [-0.05, 0) is 34.5 Å². The molecule has 2 aromatic carbocycles. The van der Waals surface area contributed by atoms with E-state index in [1.165, 1.54) is 5.39 Å². The Morgan fingerprint density at radius 3 is 2.65 bits per heavy atom. The highest BCUT2D eigenvalue weighted by molar-refractivity contribution is 6.28. The predicted octanol–water partition coefficient (Wildman–Crippen LogP) is 3.62. The molecule has 0 fully saturated rings. The van der Waals surface area contributed by atoms with Crippen molar-refractivity contribution in [3.8, 4) is 5.69 Å². The first-order chi connectivity index (χ1) is 9.81. The molecule has 0 aliphatic heterocycles. The lowest BCUT2D eigenvalue weighted by Gasteiger charge is -2.05. The minimum atomic E-state index is 0.222. The molecule has 0 radical (unpaired) electrons. The van der Waals surface area contributed by atoms with Gasteiger partial charge in [0.05, 0.1) is 17.3 Å². The van der Waals surface area contributed by atoms with Gasteiger partial charge in [-0.25, -0.2) is 9.67 Å². The molecule has 2 aromatic heterocycles. The van der Waals surface area contributed by atoms with Crippen LogP contribution in [0.5, 0.6) is 0 Å². The summed E-state index contributed by atoms with van der Waals surface area (Å²) in [4.78, 5) is 8.21. The molecule has 4 nitrogen and oxygen atoms in total. The summed E-state index contributed by atoms with van der Waals surface area (Å²) in [6.07, 6.45) is 3.41. The Morgan fingerprint density at radius 2 is 1.75 bits per heavy atom. The second-order valence-electron chi connectivity index (χ2n) is 4.51. The average Bonchev–Trinajstić information content (AvgIpc) is 2.89. The predicted molar refractivity (Wildman–Crippen MR) is 79.2 cm³/mol. The molecule has 0 aliphatic carbocycles. The monoisotopic (exact) mass is 280 g/mol. The number of rotatable bonds is 1. The molecule has 0 atom stereocenters. The van der Waals surface area contributed by atoms with Crippen LogP contribution in [0.15, 0.2) is 54.9 Å². The van der Waals surface area contributed by atoms with E-state index in [9.17, 15) is 0 Å². The molecule has 0 amide bonds. The van der Waals surface area contributed by atoms with Crippen molar-refractivity contribution >= 4 is 33.4 Å². The molecule has 0 aliphatic rings. The van der Waals surface area contributed by atoms with Crippen molar-refractivity contribution in [2.45, 2.75) is 0 Å². The minimum Gasteiger partial charge on any atom is -0.226 e. The quantitative estimate of drug-likeness (QED) is 0.500. The van der Waals surface area contributed by atoms with Gasteiger partial charge in [0.25, 0.3) is 0 Å². The van der Waals surface area contributed by atoms with Gasteiger partial charge in [-0.15, -0.1) is 0 Å². The molecule has 20 heavy (non-hydrogen) atoms. The number of halogens is 1. The molecule has 0 saturated heterocycles. The van der Waals surface area contributed by atoms with E-state index in [1.807, 2.05) is 18.2 Å². The van der Waals surface area contributed by atoms with E-state index < -0.39 is 0 Å². The van der Waals surface area contributed by atoms with Gasteiger partial charge < -0.3 is 0 Å². The van der Waals surface area contributed by atoms with E-state index in [4.69, 9.17) is 11.6 Å². The highest BCUT2D eigenvalue weighted by Gasteiger charge is 2.08. The van der Waals surface area contributed by atoms with Crippen LogP contribution in [0.2, 0.25) is 5.28 Å². The first kappa shape index (κ1) is 11.4. The summed E-state index contributed by atoms with van der Waals surface area (Å²) in [5.74, 6) is 0. The number of benzene rings is 2. The number of fused-ring (bicyclic) bond motifs is 2. The summed E-state index contributed by atoms with van der Waals surface area (Å²) < 4.78 is 1.77. The SMILES string of the molecule is Clc1ncc2cnn(-c3ccc4ccccc4c3)c2n1. The van der Waals surface area contributed by atoms with E-state index in [0.717, 1.165) is 16.5 Å². The van der Waals surface area contributed by atoms with Crippen LogP contribution in [0.4, 0.5) is 0 Å². The minimum absolute atomic E-state index is 0.222. The molecule has 0 N–H and O–H groups in total. The first-order valence-corrected chi connectivity index (χ1v) is 6.54. The maximum Gasteiger partial charge on any atom is 0.224 e. The second-order valence-corrected chi connectivity index (χ2v) is 4.84. The van der Waals surface area contributed by atoms with E-state index >= 15 is 0 Å². The summed E-state index contributed by atoms with van der Waals surface area (Å²) in [6.45, 7) is 0. The number of hydrogen-bond acceptors (Lipinski definition) is 3. The van der Waals surface area contributed by atoms with Crippen molar-refractivity contribution in [2.75, 3.05) is 0 Å². The van der Waals surface area contributed by atoms with Gasteiger partial charge in [-0.3, -0.25) is 0 Å². The standard InChI is InChI=1S/C15H9ClN4/c16-15-17-8-12-9-18-20(14(12)19-15)13-6-5-10-3-1-2-4-11(10)7-13/h1-9H. The highest BCUT2D eigenvalue weighted by Crippen LogP contribution is 2.21. The lowest BCUT2D eigenvalue weighted by atomic mass is 10.1. The Kier molecular flexibility index (Phi) is 2.44. The van der Waals surface area contributed by atoms with Crippen LogP contribution in [0.3, 0.4) is 0 Å². The fourth-order valence-electron chi connectivity index (χ4n) is 2.29. The molecule has 0 spiro atoms. The van der Waals surface area contributed by atoms with Gasteiger partial charge in [0.1, 0.15) is 0 Å². The van der Waals surface area contributed by atoms with Crippen LogP contribution in [-0.4, -0.2) is 19.7 Å². The highest BCUT2D eigenvalue weighted by atomic mass is 35.5. The fourth-order valence-corrected chi connectivity index (χ4v) is 2.42. The number of aromatic nitrogens is 4. The number of nitrogens with zero attached hydrogens (tertiary/aromatic N) is 4. The van der Waals surface area contributed by atoms with Crippen molar-refractivity contribution in [1.82, 2.24) is 19.7 Å². The van der Waals surface area contributed by atoms with Crippen molar-refractivity contribution < 1.29 is 0 Å². The Balaban J connectivity index is 1.98. The van der Waals surface area contributed by atoms with Gasteiger partial charge in [0.15, 0.2) is 5.65 Å². The zero-order chi connectivity index (χ0) is 13.5. The smallest absolute Gasteiger partial charge is 0.224 e. The fraction of sp³-hybridized carbons (Fsp3) is 0. The number of hydrogen-bond donors (Lipinski definition) is 0. The van der Waals surface area contributed by atoms with Crippen molar-refractivity contribution in [1.29, 1.82) is 0 Å². The lowest BCUT2D eigenvalue weighted by molar-refractivity contribution is 0.896. The maximum atomic E-state index is 5.87. The van der Waals surface area contributed by atoms with Crippen LogP contribution in [0.1, 0.15) is 0 Å². The van der Waals surface area contributed by atoms with E-state index in [-0.39, 0.29) is 5.28 Å². The molecule has 4 aromatic rings. The summed E-state index contributed by atoms with van der Waals surface area (Å²) in [5.41, 5.74) is 1.66. The molecule has 0 saturated carbocycles. The van der Waals surface area contributed by atoms with Gasteiger partial charge in [-0.1, -0.05) is 30.3 Å². The van der Waals surface area contributed by atoms with Gasteiger partial charge >= 0.3 is 0 Å². The Bertz CT molecular complexity index is 929. The van der Waals surface area contributed by atoms with Gasteiger partial charge in [-0.2, -0.15) is 10.1 Å². The van der Waals surface area contributed by atoms with Crippen LogP contribution in [0, 0.1) is 0 Å². The Labute approximate surface area is 119 Å². The Hall–Kier alpha value is -2.46. The zero-order valence-electron chi connectivity index (χ0n) is 10.4. The largest absolute Gasteiger partial charge is 0.226 e. The van der Waals surface area contributed by atoms with Crippen LogP contribution >= 0.6 is 11.6 Å². The zero-order valence-corrected chi connectivity index (χ0v) is 11.1. The summed E-state index contributed by atoms with van der Waals surface area (Å²) in [5, 5.41) is 7.81. The van der Waals surface area contributed by atoms with E-state index in [1.54, 1.807) is 17.1 Å². The van der Waals surface area contributed by atoms with Crippen molar-refractivity contribution in [2.24, 2.45) is 0 Å². The summed E-state index contributed by atoms with van der Waals surface area (Å²) in [6, 6.07) is 14.4.